The fraction of sp³-hybridized carbons (Fsp3) is 0.194. The van der Waals surface area contributed by atoms with Gasteiger partial charge in [-0.2, -0.15) is 4.98 Å². The minimum Gasteiger partial charge on any atom is -0.369 e. The van der Waals surface area contributed by atoms with E-state index < -0.39 is 0 Å². The first-order chi connectivity index (χ1) is 19.1. The summed E-state index contributed by atoms with van der Waals surface area (Å²) in [4.78, 5) is 22.4. The Hall–Kier alpha value is -4.69. The number of carbonyl (C=O) groups is 1. The van der Waals surface area contributed by atoms with Crippen molar-refractivity contribution in [3.8, 4) is 11.3 Å². The predicted octanol–water partition coefficient (Wildman–Crippen LogP) is 4.82. The average molecular weight is 518 g/mol. The highest BCUT2D eigenvalue weighted by atomic mass is 16.1. The van der Waals surface area contributed by atoms with Gasteiger partial charge in [0.2, 0.25) is 5.95 Å². The summed E-state index contributed by atoms with van der Waals surface area (Å²) >= 11 is 0. The maximum absolute atomic E-state index is 13.0. The van der Waals surface area contributed by atoms with Crippen LogP contribution in [-0.4, -0.2) is 58.6 Å². The van der Waals surface area contributed by atoms with E-state index in [2.05, 4.69) is 55.8 Å². The number of hydrogen-bond acceptors (Lipinski definition) is 6. The molecule has 0 atom stereocenters. The third kappa shape index (κ3) is 5.46. The zero-order chi connectivity index (χ0) is 26.6. The zero-order valence-electron chi connectivity index (χ0n) is 21.9. The molecule has 8 heteroatoms. The van der Waals surface area contributed by atoms with Crippen molar-refractivity contribution in [1.29, 1.82) is 0 Å². The van der Waals surface area contributed by atoms with E-state index in [9.17, 15) is 4.79 Å². The number of rotatable bonds is 7. The van der Waals surface area contributed by atoms with Gasteiger partial charge >= 0.3 is 0 Å². The van der Waals surface area contributed by atoms with Crippen molar-refractivity contribution < 1.29 is 4.79 Å². The van der Waals surface area contributed by atoms with Crippen molar-refractivity contribution in [3.63, 3.8) is 0 Å². The molecular weight excluding hydrogens is 486 g/mol. The highest BCUT2D eigenvalue weighted by Crippen LogP contribution is 2.24. The van der Waals surface area contributed by atoms with E-state index >= 15 is 0 Å². The van der Waals surface area contributed by atoms with Crippen molar-refractivity contribution in [3.05, 3.63) is 108 Å². The SMILES string of the molecule is CN1CCN(c2ccccc2CNC(=O)c2ccc(-c3cccc4nc(Nc5ccccc5)nn34)cc2)CC1. The lowest BCUT2D eigenvalue weighted by Crippen LogP contribution is -2.45. The van der Waals surface area contributed by atoms with Crippen molar-refractivity contribution in [2.24, 2.45) is 0 Å². The molecule has 3 heterocycles. The minimum absolute atomic E-state index is 0.0944. The van der Waals surface area contributed by atoms with Crippen LogP contribution in [0.1, 0.15) is 15.9 Å². The molecular formula is C31H31N7O. The summed E-state index contributed by atoms with van der Waals surface area (Å²) in [6.07, 6.45) is 0. The second kappa shape index (κ2) is 11.0. The molecule has 0 bridgehead atoms. The number of anilines is 3. The molecule has 0 saturated carbocycles. The Balaban J connectivity index is 1.15. The summed E-state index contributed by atoms with van der Waals surface area (Å²) < 4.78 is 1.82. The van der Waals surface area contributed by atoms with Crippen LogP contribution >= 0.6 is 0 Å². The van der Waals surface area contributed by atoms with Crippen LogP contribution < -0.4 is 15.5 Å². The number of nitrogens with zero attached hydrogens (tertiary/aromatic N) is 5. The molecule has 1 fully saturated rings. The lowest BCUT2D eigenvalue weighted by molar-refractivity contribution is 0.0951. The molecule has 196 valence electrons. The van der Waals surface area contributed by atoms with Gasteiger partial charge in [0.25, 0.3) is 5.91 Å². The second-order valence-electron chi connectivity index (χ2n) is 9.79. The van der Waals surface area contributed by atoms with E-state index in [-0.39, 0.29) is 5.91 Å². The molecule has 0 aliphatic carbocycles. The van der Waals surface area contributed by atoms with Gasteiger partial charge < -0.3 is 20.4 Å². The Morgan fingerprint density at radius 3 is 2.36 bits per heavy atom. The van der Waals surface area contributed by atoms with Crippen molar-refractivity contribution in [2.75, 3.05) is 43.4 Å². The van der Waals surface area contributed by atoms with Gasteiger partial charge in [-0.25, -0.2) is 4.52 Å². The number of likely N-dealkylation sites (N-methyl/N-ethyl adjacent to an activating group) is 1. The molecule has 0 radical (unpaired) electrons. The number of hydrogen-bond donors (Lipinski definition) is 2. The molecule has 0 unspecified atom stereocenters. The number of aromatic nitrogens is 3. The summed E-state index contributed by atoms with van der Waals surface area (Å²) in [5, 5.41) is 11.0. The average Bonchev–Trinajstić information content (AvgIpc) is 3.40. The standard InChI is InChI=1S/C31H31N7O/c1-36-18-20-37(21-19-36)27-11-6-5-8-25(27)22-32-30(39)24-16-14-23(15-17-24)28-12-7-13-29-34-31(35-38(28)29)33-26-9-3-2-4-10-26/h2-17H,18-22H2,1H3,(H,32,39)(H,33,35). The molecule has 1 saturated heterocycles. The molecule has 1 aliphatic heterocycles. The first kappa shape index (κ1) is 24.6. The van der Waals surface area contributed by atoms with Gasteiger partial charge in [0.15, 0.2) is 5.65 Å². The Kier molecular flexibility index (Phi) is 6.93. The normalized spacial score (nSPS) is 13.9. The maximum atomic E-state index is 13.0. The van der Waals surface area contributed by atoms with E-state index in [1.165, 1.54) is 5.69 Å². The minimum atomic E-state index is -0.0944. The number of carbonyl (C=O) groups excluding carboxylic acids is 1. The lowest BCUT2D eigenvalue weighted by atomic mass is 10.1. The van der Waals surface area contributed by atoms with E-state index in [4.69, 9.17) is 0 Å². The first-order valence-corrected chi connectivity index (χ1v) is 13.2. The third-order valence-electron chi connectivity index (χ3n) is 7.11. The number of amides is 1. The van der Waals surface area contributed by atoms with Crippen LogP contribution in [0, 0.1) is 0 Å². The van der Waals surface area contributed by atoms with Crippen LogP contribution in [0.15, 0.2) is 97.1 Å². The van der Waals surface area contributed by atoms with Gasteiger partial charge in [-0.1, -0.05) is 54.6 Å². The van der Waals surface area contributed by atoms with Crippen LogP contribution in [0.3, 0.4) is 0 Å². The quantitative estimate of drug-likeness (QED) is 0.322. The lowest BCUT2D eigenvalue weighted by Gasteiger charge is -2.35. The summed E-state index contributed by atoms with van der Waals surface area (Å²) in [5.41, 5.74) is 6.47. The van der Waals surface area contributed by atoms with Gasteiger partial charge in [-0.3, -0.25) is 4.79 Å². The van der Waals surface area contributed by atoms with Crippen LogP contribution in [0.2, 0.25) is 0 Å². The summed E-state index contributed by atoms with van der Waals surface area (Å²) in [7, 11) is 2.15. The monoisotopic (exact) mass is 517 g/mol. The highest BCUT2D eigenvalue weighted by molar-refractivity contribution is 5.94. The summed E-state index contributed by atoms with van der Waals surface area (Å²) in [6, 6.07) is 31.7. The van der Waals surface area contributed by atoms with Crippen LogP contribution in [0.5, 0.6) is 0 Å². The van der Waals surface area contributed by atoms with Crippen molar-refractivity contribution in [2.45, 2.75) is 6.54 Å². The number of para-hydroxylation sites is 2. The second-order valence-corrected chi connectivity index (χ2v) is 9.79. The Morgan fingerprint density at radius 1 is 0.821 bits per heavy atom. The third-order valence-corrected chi connectivity index (χ3v) is 7.11. The summed E-state index contributed by atoms with van der Waals surface area (Å²) in [6.45, 7) is 4.55. The molecule has 6 rings (SSSR count). The van der Waals surface area contributed by atoms with Crippen LogP contribution in [0.4, 0.5) is 17.3 Å². The molecule has 39 heavy (non-hydrogen) atoms. The van der Waals surface area contributed by atoms with Gasteiger partial charge in [-0.15, -0.1) is 5.10 Å². The highest BCUT2D eigenvalue weighted by Gasteiger charge is 2.17. The number of benzene rings is 3. The zero-order valence-corrected chi connectivity index (χ0v) is 21.9. The largest absolute Gasteiger partial charge is 0.369 e. The Labute approximate surface area is 227 Å². The van der Waals surface area contributed by atoms with Gasteiger partial charge in [0, 0.05) is 55.2 Å². The van der Waals surface area contributed by atoms with Crippen LogP contribution in [0.25, 0.3) is 16.9 Å². The predicted molar refractivity (Wildman–Crippen MR) is 155 cm³/mol. The van der Waals surface area contributed by atoms with E-state index in [0.29, 0.717) is 18.1 Å². The molecule has 2 aromatic heterocycles. The van der Waals surface area contributed by atoms with Gasteiger partial charge in [0.05, 0.1) is 5.69 Å². The number of nitrogens with one attached hydrogen (secondary N) is 2. The van der Waals surface area contributed by atoms with E-state index in [1.807, 2.05) is 83.4 Å². The van der Waals surface area contributed by atoms with E-state index in [1.54, 1.807) is 0 Å². The topological polar surface area (TPSA) is 77.8 Å². The molecule has 5 aromatic rings. The van der Waals surface area contributed by atoms with E-state index in [0.717, 1.165) is 54.3 Å². The Morgan fingerprint density at radius 2 is 1.56 bits per heavy atom. The summed E-state index contributed by atoms with van der Waals surface area (Å²) in [5.74, 6) is 0.435. The number of pyridine rings is 1. The fourth-order valence-corrected chi connectivity index (χ4v) is 4.91. The fourth-order valence-electron chi connectivity index (χ4n) is 4.91. The molecule has 2 N–H and O–H groups in total. The van der Waals surface area contributed by atoms with Crippen LogP contribution in [-0.2, 0) is 6.54 Å². The molecule has 0 spiro atoms. The van der Waals surface area contributed by atoms with Crippen molar-refractivity contribution >= 4 is 28.9 Å². The van der Waals surface area contributed by atoms with Crippen molar-refractivity contribution in [1.82, 2.24) is 24.8 Å². The molecule has 3 aromatic carbocycles. The Bertz CT molecular complexity index is 1570. The molecule has 1 aliphatic rings. The number of fused-ring (bicyclic) bond motifs is 1. The maximum Gasteiger partial charge on any atom is 0.251 e. The smallest absolute Gasteiger partial charge is 0.251 e. The molecule has 1 amide bonds. The van der Waals surface area contributed by atoms with Gasteiger partial charge in [-0.05, 0) is 55.1 Å². The molecule has 8 nitrogen and oxygen atoms in total. The number of piperazine rings is 1. The van der Waals surface area contributed by atoms with Gasteiger partial charge in [0.1, 0.15) is 0 Å². The first-order valence-electron chi connectivity index (χ1n) is 13.2.